The first-order valence-corrected chi connectivity index (χ1v) is 9.39. The Morgan fingerprint density at radius 2 is 2.05 bits per heavy atom. The maximum Gasteiger partial charge on any atom is 0.225 e. The first-order chi connectivity index (χ1) is 10.2. The van der Waals surface area contributed by atoms with Gasteiger partial charge in [-0.05, 0) is 25.5 Å². The second-order valence-corrected chi connectivity index (χ2v) is 6.87. The molecule has 0 aromatic heterocycles. The molecule has 5 nitrogen and oxygen atoms in total. The van der Waals surface area contributed by atoms with Crippen LogP contribution in [-0.2, 0) is 4.79 Å². The molecule has 2 rings (SSSR count). The van der Waals surface area contributed by atoms with Crippen LogP contribution in [0.3, 0.4) is 0 Å². The predicted octanol–water partition coefficient (Wildman–Crippen LogP) is 1.92. The van der Waals surface area contributed by atoms with Crippen molar-refractivity contribution in [2.45, 2.75) is 38.1 Å². The molecule has 0 bridgehead atoms. The molecule has 7 heteroatoms. The molecule has 22 heavy (non-hydrogen) atoms. The van der Waals surface area contributed by atoms with E-state index in [2.05, 4.69) is 21.9 Å². The van der Waals surface area contributed by atoms with Crippen molar-refractivity contribution in [1.82, 2.24) is 15.5 Å². The fourth-order valence-corrected chi connectivity index (χ4v) is 3.47. The maximum atomic E-state index is 12.4. The van der Waals surface area contributed by atoms with Crippen molar-refractivity contribution < 1.29 is 4.79 Å². The van der Waals surface area contributed by atoms with Crippen molar-refractivity contribution in [3.05, 3.63) is 0 Å². The molecule has 1 unspecified atom stereocenters. The lowest BCUT2D eigenvalue weighted by atomic mass is 10.1. The van der Waals surface area contributed by atoms with E-state index in [1.807, 2.05) is 16.7 Å². The summed E-state index contributed by atoms with van der Waals surface area (Å²) in [7, 11) is 1.80. The van der Waals surface area contributed by atoms with E-state index in [0.717, 1.165) is 50.6 Å². The highest BCUT2D eigenvalue weighted by Crippen LogP contribution is 2.27. The molecule has 1 saturated carbocycles. The summed E-state index contributed by atoms with van der Waals surface area (Å²) >= 11 is 1.82. The Morgan fingerprint density at radius 1 is 1.32 bits per heavy atom. The van der Waals surface area contributed by atoms with Gasteiger partial charge in [0.2, 0.25) is 5.91 Å². The summed E-state index contributed by atoms with van der Waals surface area (Å²) in [6, 6.07) is 0.329. The molecule has 0 aromatic rings. The maximum absolute atomic E-state index is 12.4. The van der Waals surface area contributed by atoms with Gasteiger partial charge in [0, 0.05) is 44.4 Å². The molecule has 1 aliphatic carbocycles. The zero-order chi connectivity index (χ0) is 15.1. The molecule has 1 heterocycles. The fraction of sp³-hybridized carbons (Fsp3) is 0.867. The summed E-state index contributed by atoms with van der Waals surface area (Å²) < 4.78 is 0. The average Bonchev–Trinajstić information content (AvgIpc) is 3.17. The lowest BCUT2D eigenvalue weighted by Crippen LogP contribution is -2.45. The molecular formula is C15H29IN4OS. The van der Waals surface area contributed by atoms with Crippen LogP contribution in [0.25, 0.3) is 0 Å². The summed E-state index contributed by atoms with van der Waals surface area (Å²) in [5.41, 5.74) is 0. The molecule has 128 valence electrons. The third-order valence-electron chi connectivity index (χ3n) is 4.37. The Morgan fingerprint density at radius 3 is 2.68 bits per heavy atom. The van der Waals surface area contributed by atoms with Crippen LogP contribution in [0.15, 0.2) is 4.99 Å². The third kappa shape index (κ3) is 5.79. The number of guanidine groups is 1. The van der Waals surface area contributed by atoms with E-state index in [9.17, 15) is 4.79 Å². The van der Waals surface area contributed by atoms with E-state index in [1.54, 1.807) is 7.05 Å². The van der Waals surface area contributed by atoms with E-state index < -0.39 is 0 Å². The number of hydrogen-bond donors (Lipinski definition) is 2. The number of carbonyl (C=O) groups excluding carboxylic acids is 1. The average molecular weight is 440 g/mol. The highest BCUT2D eigenvalue weighted by atomic mass is 127. The summed E-state index contributed by atoms with van der Waals surface area (Å²) in [5.74, 6) is 2.59. The number of aliphatic imine (C=N–C) groups is 1. The Balaban J connectivity index is 0.00000242. The van der Waals surface area contributed by atoms with Gasteiger partial charge in [0.1, 0.15) is 0 Å². The zero-order valence-electron chi connectivity index (χ0n) is 13.6. The molecule has 1 atom stereocenters. The lowest BCUT2D eigenvalue weighted by molar-refractivity contribution is -0.134. The van der Waals surface area contributed by atoms with Crippen molar-refractivity contribution in [3.63, 3.8) is 0 Å². The molecule has 0 spiro atoms. The van der Waals surface area contributed by atoms with Gasteiger partial charge >= 0.3 is 0 Å². The Hall–Kier alpha value is -0.180. The number of amides is 1. The highest BCUT2D eigenvalue weighted by molar-refractivity contribution is 14.0. The smallest absolute Gasteiger partial charge is 0.225 e. The van der Waals surface area contributed by atoms with Gasteiger partial charge in [-0.25, -0.2) is 0 Å². The van der Waals surface area contributed by atoms with Gasteiger partial charge in [-0.1, -0.05) is 12.8 Å². The summed E-state index contributed by atoms with van der Waals surface area (Å²) in [6.07, 6.45) is 7.73. The van der Waals surface area contributed by atoms with Crippen molar-refractivity contribution in [2.75, 3.05) is 38.7 Å². The van der Waals surface area contributed by atoms with Crippen molar-refractivity contribution in [1.29, 1.82) is 0 Å². The molecule has 1 saturated heterocycles. The van der Waals surface area contributed by atoms with Crippen LogP contribution < -0.4 is 10.6 Å². The largest absolute Gasteiger partial charge is 0.356 e. The molecule has 1 amide bonds. The molecular weight excluding hydrogens is 411 g/mol. The SMILES string of the molecule is CN=C(NCCSC)NC1CCN(C(=O)C2CCCC2)C1.I. The van der Waals surface area contributed by atoms with Gasteiger partial charge in [-0.2, -0.15) is 11.8 Å². The quantitative estimate of drug-likeness (QED) is 0.297. The van der Waals surface area contributed by atoms with E-state index in [-0.39, 0.29) is 24.0 Å². The van der Waals surface area contributed by atoms with Gasteiger partial charge in [-0.15, -0.1) is 24.0 Å². The predicted molar refractivity (Wildman–Crippen MR) is 105 cm³/mol. The van der Waals surface area contributed by atoms with Crippen LogP contribution in [0, 0.1) is 5.92 Å². The fourth-order valence-electron chi connectivity index (χ4n) is 3.17. The van der Waals surface area contributed by atoms with Crippen LogP contribution in [-0.4, -0.2) is 61.5 Å². The van der Waals surface area contributed by atoms with Gasteiger partial charge in [0.25, 0.3) is 0 Å². The van der Waals surface area contributed by atoms with Gasteiger partial charge < -0.3 is 15.5 Å². The number of carbonyl (C=O) groups is 1. The zero-order valence-corrected chi connectivity index (χ0v) is 16.8. The highest BCUT2D eigenvalue weighted by Gasteiger charge is 2.32. The standard InChI is InChI=1S/C15H28N4OS.HI/c1-16-15(17-8-10-21-2)18-13-7-9-19(11-13)14(20)12-5-3-4-6-12;/h12-13H,3-11H2,1-2H3,(H2,16,17,18);1H. The van der Waals surface area contributed by atoms with Gasteiger partial charge in [0.15, 0.2) is 5.96 Å². The van der Waals surface area contributed by atoms with E-state index in [1.165, 1.54) is 12.8 Å². The van der Waals surface area contributed by atoms with Crippen LogP contribution in [0.2, 0.25) is 0 Å². The Kier molecular flexibility index (Phi) is 9.54. The van der Waals surface area contributed by atoms with Gasteiger partial charge in [0.05, 0.1) is 0 Å². The van der Waals surface area contributed by atoms with Gasteiger partial charge in [-0.3, -0.25) is 9.79 Å². The summed E-state index contributed by atoms with van der Waals surface area (Å²) in [5, 5.41) is 6.75. The van der Waals surface area contributed by atoms with Crippen molar-refractivity contribution >= 4 is 47.6 Å². The van der Waals surface area contributed by atoms with E-state index >= 15 is 0 Å². The molecule has 2 fully saturated rings. The number of likely N-dealkylation sites (tertiary alicyclic amines) is 1. The van der Waals surface area contributed by atoms with Crippen LogP contribution in [0.5, 0.6) is 0 Å². The number of nitrogens with one attached hydrogen (secondary N) is 2. The monoisotopic (exact) mass is 440 g/mol. The molecule has 2 aliphatic rings. The summed E-state index contributed by atoms with van der Waals surface area (Å²) in [4.78, 5) is 18.7. The lowest BCUT2D eigenvalue weighted by Gasteiger charge is -2.21. The minimum atomic E-state index is 0. The minimum absolute atomic E-state index is 0. The number of rotatable bonds is 5. The second-order valence-electron chi connectivity index (χ2n) is 5.89. The Labute approximate surface area is 155 Å². The molecule has 0 aromatic carbocycles. The number of halogens is 1. The van der Waals surface area contributed by atoms with E-state index in [0.29, 0.717) is 17.9 Å². The first kappa shape index (κ1) is 19.9. The first-order valence-electron chi connectivity index (χ1n) is 7.99. The minimum Gasteiger partial charge on any atom is -0.356 e. The molecule has 0 radical (unpaired) electrons. The van der Waals surface area contributed by atoms with Crippen molar-refractivity contribution in [3.8, 4) is 0 Å². The number of thioether (sulfide) groups is 1. The Bertz CT molecular complexity index is 375. The molecule has 2 N–H and O–H groups in total. The summed E-state index contributed by atoms with van der Waals surface area (Å²) in [6.45, 7) is 2.62. The second kappa shape index (κ2) is 10.6. The van der Waals surface area contributed by atoms with Crippen LogP contribution in [0.1, 0.15) is 32.1 Å². The number of hydrogen-bond acceptors (Lipinski definition) is 3. The van der Waals surface area contributed by atoms with E-state index in [4.69, 9.17) is 0 Å². The van der Waals surface area contributed by atoms with Crippen molar-refractivity contribution in [2.24, 2.45) is 10.9 Å². The van der Waals surface area contributed by atoms with Crippen LogP contribution in [0.4, 0.5) is 0 Å². The van der Waals surface area contributed by atoms with Crippen LogP contribution >= 0.6 is 35.7 Å². The number of nitrogens with zero attached hydrogens (tertiary/aromatic N) is 2. The topological polar surface area (TPSA) is 56.7 Å². The normalized spacial score (nSPS) is 22.5. The third-order valence-corrected chi connectivity index (χ3v) is 4.98. The molecule has 1 aliphatic heterocycles.